The highest BCUT2D eigenvalue weighted by Crippen LogP contribution is 2.09. The number of aliphatic hydroxyl groups excluding tert-OH is 1. The third-order valence-electron chi connectivity index (χ3n) is 1.92. The Morgan fingerprint density at radius 1 is 1.69 bits per heavy atom. The predicted molar refractivity (Wildman–Crippen MR) is 42.5 cm³/mol. The number of aliphatic hydroxyl groups is 1. The van der Waals surface area contributed by atoms with Crippen molar-refractivity contribution in [1.29, 1.82) is 0 Å². The van der Waals surface area contributed by atoms with Crippen LogP contribution < -0.4 is 5.43 Å². The summed E-state index contributed by atoms with van der Waals surface area (Å²) in [6.07, 6.45) is 0.00231. The summed E-state index contributed by atoms with van der Waals surface area (Å²) in [5.74, 6) is -1.90. The van der Waals surface area contributed by atoms with Gasteiger partial charge in [-0.25, -0.2) is 5.43 Å². The second kappa shape index (κ2) is 4.20. The predicted octanol–water partition coefficient (Wildman–Crippen LogP) is -1.58. The van der Waals surface area contributed by atoms with E-state index in [1.807, 2.05) is 0 Å². The van der Waals surface area contributed by atoms with E-state index in [9.17, 15) is 9.59 Å². The standard InChI is InChI=1S/C7H12N2O4/c10-2-1-9-6(11)3-5(4-8-9)7(12)13/h5,8,10H,1-4H2,(H,12,13). The van der Waals surface area contributed by atoms with Gasteiger partial charge in [0.15, 0.2) is 0 Å². The van der Waals surface area contributed by atoms with E-state index in [0.717, 1.165) is 0 Å². The molecule has 0 saturated carbocycles. The average Bonchev–Trinajstić information content (AvgIpc) is 2.08. The summed E-state index contributed by atoms with van der Waals surface area (Å²) in [6.45, 7) is 0.308. The zero-order valence-corrected chi connectivity index (χ0v) is 7.06. The topological polar surface area (TPSA) is 89.9 Å². The summed E-state index contributed by atoms with van der Waals surface area (Å²) in [5, 5.41) is 18.4. The quantitative estimate of drug-likeness (QED) is 0.497. The van der Waals surface area contributed by atoms with E-state index in [4.69, 9.17) is 10.2 Å². The van der Waals surface area contributed by atoms with Crippen molar-refractivity contribution in [2.75, 3.05) is 19.7 Å². The van der Waals surface area contributed by atoms with Crippen LogP contribution in [-0.2, 0) is 9.59 Å². The van der Waals surface area contributed by atoms with Crippen molar-refractivity contribution in [2.45, 2.75) is 6.42 Å². The zero-order chi connectivity index (χ0) is 9.84. The minimum absolute atomic E-state index is 0.00231. The number of β-amino-alcohol motifs (C(OH)–C–C–N with tert-alkyl or cyclic N) is 1. The fourth-order valence-corrected chi connectivity index (χ4v) is 1.18. The van der Waals surface area contributed by atoms with Gasteiger partial charge in [0.25, 0.3) is 0 Å². The fourth-order valence-electron chi connectivity index (χ4n) is 1.18. The van der Waals surface area contributed by atoms with Crippen molar-refractivity contribution in [1.82, 2.24) is 10.4 Å². The number of amides is 1. The van der Waals surface area contributed by atoms with Crippen molar-refractivity contribution in [3.8, 4) is 0 Å². The van der Waals surface area contributed by atoms with Gasteiger partial charge in [0.05, 0.1) is 19.1 Å². The molecule has 1 aliphatic heterocycles. The second-order valence-corrected chi connectivity index (χ2v) is 2.87. The lowest BCUT2D eigenvalue weighted by atomic mass is 10.0. The average molecular weight is 188 g/mol. The van der Waals surface area contributed by atoms with Crippen LogP contribution in [0.1, 0.15) is 6.42 Å². The number of aliphatic carboxylic acids is 1. The molecule has 74 valence electrons. The molecule has 0 aromatic heterocycles. The van der Waals surface area contributed by atoms with Crippen LogP contribution in [-0.4, -0.2) is 46.8 Å². The van der Waals surface area contributed by atoms with Crippen LogP contribution >= 0.6 is 0 Å². The normalized spacial score (nSPS) is 23.3. The van der Waals surface area contributed by atoms with Crippen LogP contribution in [0, 0.1) is 5.92 Å². The molecule has 0 aromatic carbocycles. The van der Waals surface area contributed by atoms with Crippen molar-refractivity contribution < 1.29 is 19.8 Å². The Bertz CT molecular complexity index is 219. The molecular formula is C7H12N2O4. The van der Waals surface area contributed by atoms with Gasteiger partial charge in [-0.05, 0) is 0 Å². The molecule has 1 fully saturated rings. The van der Waals surface area contributed by atoms with Crippen LogP contribution in [0.5, 0.6) is 0 Å². The Morgan fingerprint density at radius 3 is 2.85 bits per heavy atom. The molecule has 1 amide bonds. The lowest BCUT2D eigenvalue weighted by Crippen LogP contribution is -2.53. The highest BCUT2D eigenvalue weighted by Gasteiger charge is 2.29. The number of hydrogen-bond acceptors (Lipinski definition) is 4. The molecule has 13 heavy (non-hydrogen) atoms. The Labute approximate surface area is 75.1 Å². The van der Waals surface area contributed by atoms with E-state index in [2.05, 4.69) is 5.43 Å². The number of rotatable bonds is 3. The number of carbonyl (C=O) groups is 2. The largest absolute Gasteiger partial charge is 0.481 e. The van der Waals surface area contributed by atoms with Gasteiger partial charge < -0.3 is 10.2 Å². The number of hydrogen-bond donors (Lipinski definition) is 3. The number of carboxylic acid groups (broad SMARTS) is 1. The van der Waals surface area contributed by atoms with Gasteiger partial charge in [-0.2, -0.15) is 0 Å². The van der Waals surface area contributed by atoms with E-state index in [1.165, 1.54) is 5.01 Å². The highest BCUT2D eigenvalue weighted by molar-refractivity contribution is 5.83. The SMILES string of the molecule is O=C(O)C1CNN(CCO)C(=O)C1. The van der Waals surface area contributed by atoms with E-state index in [1.54, 1.807) is 0 Å². The number of nitrogens with one attached hydrogen (secondary N) is 1. The summed E-state index contributed by atoms with van der Waals surface area (Å²) >= 11 is 0. The lowest BCUT2D eigenvalue weighted by molar-refractivity contribution is -0.151. The van der Waals surface area contributed by atoms with Gasteiger partial charge in [0.2, 0.25) is 5.91 Å². The Hall–Kier alpha value is -1.14. The van der Waals surface area contributed by atoms with E-state index < -0.39 is 11.9 Å². The van der Waals surface area contributed by atoms with Crippen LogP contribution in [0.4, 0.5) is 0 Å². The van der Waals surface area contributed by atoms with Crippen molar-refractivity contribution in [2.24, 2.45) is 5.92 Å². The number of nitrogens with zero attached hydrogens (tertiary/aromatic N) is 1. The molecule has 0 aromatic rings. The Kier molecular flexibility index (Phi) is 3.21. The third-order valence-corrected chi connectivity index (χ3v) is 1.92. The first kappa shape index (κ1) is 9.94. The Morgan fingerprint density at radius 2 is 2.38 bits per heavy atom. The van der Waals surface area contributed by atoms with Crippen LogP contribution in [0.15, 0.2) is 0 Å². The summed E-state index contributed by atoms with van der Waals surface area (Å²) in [5.41, 5.74) is 2.64. The minimum atomic E-state index is -0.968. The Balaban J connectivity index is 2.46. The molecule has 0 spiro atoms. The molecule has 1 rings (SSSR count). The highest BCUT2D eigenvalue weighted by atomic mass is 16.4. The maximum Gasteiger partial charge on any atom is 0.308 e. The van der Waals surface area contributed by atoms with E-state index in [-0.39, 0.29) is 32.0 Å². The van der Waals surface area contributed by atoms with E-state index in [0.29, 0.717) is 0 Å². The summed E-state index contributed by atoms with van der Waals surface area (Å²) in [6, 6.07) is 0. The summed E-state index contributed by atoms with van der Waals surface area (Å²) in [7, 11) is 0. The first-order valence-corrected chi connectivity index (χ1v) is 4.02. The molecule has 1 saturated heterocycles. The molecule has 6 nitrogen and oxygen atoms in total. The molecule has 1 unspecified atom stereocenters. The molecule has 0 radical (unpaired) electrons. The van der Waals surface area contributed by atoms with Crippen molar-refractivity contribution in [3.05, 3.63) is 0 Å². The monoisotopic (exact) mass is 188 g/mol. The van der Waals surface area contributed by atoms with Crippen LogP contribution in [0.3, 0.4) is 0 Å². The molecule has 1 aliphatic rings. The van der Waals surface area contributed by atoms with Crippen LogP contribution in [0.25, 0.3) is 0 Å². The molecule has 3 N–H and O–H groups in total. The molecule has 1 heterocycles. The first-order chi connectivity index (χ1) is 6.15. The smallest absolute Gasteiger partial charge is 0.308 e. The number of hydrazine groups is 1. The number of carbonyl (C=O) groups excluding carboxylic acids is 1. The zero-order valence-electron chi connectivity index (χ0n) is 7.06. The van der Waals surface area contributed by atoms with Gasteiger partial charge >= 0.3 is 5.97 Å². The van der Waals surface area contributed by atoms with Gasteiger partial charge in [-0.1, -0.05) is 0 Å². The van der Waals surface area contributed by atoms with Gasteiger partial charge in [0.1, 0.15) is 0 Å². The fraction of sp³-hybridized carbons (Fsp3) is 0.714. The molecule has 6 heteroatoms. The van der Waals surface area contributed by atoms with Crippen molar-refractivity contribution in [3.63, 3.8) is 0 Å². The maximum atomic E-state index is 11.2. The summed E-state index contributed by atoms with van der Waals surface area (Å²) in [4.78, 5) is 21.7. The van der Waals surface area contributed by atoms with E-state index >= 15 is 0 Å². The second-order valence-electron chi connectivity index (χ2n) is 2.87. The molecule has 1 atom stereocenters. The van der Waals surface area contributed by atoms with Crippen LogP contribution in [0.2, 0.25) is 0 Å². The first-order valence-electron chi connectivity index (χ1n) is 4.02. The van der Waals surface area contributed by atoms with Crippen molar-refractivity contribution >= 4 is 11.9 Å². The summed E-state index contributed by atoms with van der Waals surface area (Å²) < 4.78 is 0. The third kappa shape index (κ3) is 2.40. The minimum Gasteiger partial charge on any atom is -0.481 e. The lowest BCUT2D eigenvalue weighted by Gasteiger charge is -2.30. The van der Waals surface area contributed by atoms with Gasteiger partial charge in [-0.3, -0.25) is 14.6 Å². The molecule has 0 bridgehead atoms. The van der Waals surface area contributed by atoms with Gasteiger partial charge in [0, 0.05) is 13.0 Å². The number of carboxylic acids is 1. The van der Waals surface area contributed by atoms with Gasteiger partial charge in [-0.15, -0.1) is 0 Å². The molecule has 0 aliphatic carbocycles. The maximum absolute atomic E-state index is 11.2. The molecular weight excluding hydrogens is 176 g/mol.